The Hall–Kier alpha value is -1.34. The molecule has 3 N–H and O–H groups in total. The Balaban J connectivity index is 0.00000256. The number of hydrogen-bond acceptors (Lipinski definition) is 3. The summed E-state index contributed by atoms with van der Waals surface area (Å²) in [4.78, 5) is 13.6. The van der Waals surface area contributed by atoms with Gasteiger partial charge in [-0.1, -0.05) is 6.07 Å². The lowest BCUT2D eigenvalue weighted by Crippen LogP contribution is -2.32. The lowest BCUT2D eigenvalue weighted by atomic mass is 10.1. The highest BCUT2D eigenvalue weighted by atomic mass is 35.5. The normalized spacial score (nSPS) is 12.7. The average molecular weight is 271 g/mol. The van der Waals surface area contributed by atoms with Crippen molar-refractivity contribution in [2.24, 2.45) is 5.73 Å². The molecule has 0 aliphatic rings. The fourth-order valence-corrected chi connectivity index (χ4v) is 1.05. The molecule has 1 heterocycles. The van der Waals surface area contributed by atoms with Crippen LogP contribution in [0.5, 0.6) is 0 Å². The molecule has 17 heavy (non-hydrogen) atoms. The lowest BCUT2D eigenvalue weighted by Gasteiger charge is -2.08. The molecule has 1 unspecified atom stereocenters. The largest absolute Gasteiger partial charge is 0.480 e. The van der Waals surface area contributed by atoms with Crippen molar-refractivity contribution in [1.82, 2.24) is 4.98 Å². The maximum absolute atomic E-state index is 12.1. The van der Waals surface area contributed by atoms with Crippen LogP contribution in [-0.2, 0) is 17.4 Å². The van der Waals surface area contributed by atoms with Crippen molar-refractivity contribution in [2.75, 3.05) is 0 Å². The predicted octanol–water partition coefficient (Wildman–Crippen LogP) is 1.48. The number of pyridine rings is 1. The van der Waals surface area contributed by atoms with Crippen molar-refractivity contribution in [1.29, 1.82) is 0 Å². The molecular weight excluding hydrogens is 261 g/mol. The minimum absolute atomic E-state index is 0. The van der Waals surface area contributed by atoms with E-state index in [1.807, 2.05) is 0 Å². The summed E-state index contributed by atoms with van der Waals surface area (Å²) in [5.74, 6) is -1.21. The number of aromatic nitrogens is 1. The summed E-state index contributed by atoms with van der Waals surface area (Å²) in [5, 5.41) is 8.50. The predicted molar refractivity (Wildman–Crippen MR) is 55.8 cm³/mol. The van der Waals surface area contributed by atoms with E-state index in [9.17, 15) is 18.0 Å². The SMILES string of the molecule is Cl.NC(Cc1ccc(C(F)(F)F)nc1)C(=O)O. The first kappa shape index (κ1) is 15.7. The number of nitrogens with two attached hydrogens (primary N) is 1. The molecule has 1 atom stereocenters. The van der Waals surface area contributed by atoms with Gasteiger partial charge in [-0.2, -0.15) is 13.2 Å². The molecule has 0 spiro atoms. The van der Waals surface area contributed by atoms with Crippen molar-refractivity contribution in [2.45, 2.75) is 18.6 Å². The first-order chi connectivity index (χ1) is 7.30. The zero-order chi connectivity index (χ0) is 12.3. The second kappa shape index (κ2) is 5.83. The Morgan fingerprint density at radius 3 is 2.41 bits per heavy atom. The van der Waals surface area contributed by atoms with E-state index in [-0.39, 0.29) is 18.8 Å². The third-order valence-corrected chi connectivity index (χ3v) is 1.89. The summed E-state index contributed by atoms with van der Waals surface area (Å²) in [7, 11) is 0. The Morgan fingerprint density at radius 1 is 1.47 bits per heavy atom. The number of halogens is 4. The van der Waals surface area contributed by atoms with Crippen molar-refractivity contribution >= 4 is 18.4 Å². The van der Waals surface area contributed by atoms with Crippen LogP contribution in [0.3, 0.4) is 0 Å². The molecule has 1 aromatic rings. The van der Waals surface area contributed by atoms with Gasteiger partial charge in [0, 0.05) is 6.20 Å². The fraction of sp³-hybridized carbons (Fsp3) is 0.333. The van der Waals surface area contributed by atoms with Crippen LogP contribution in [0, 0.1) is 0 Å². The van der Waals surface area contributed by atoms with Gasteiger partial charge >= 0.3 is 12.1 Å². The molecule has 0 aromatic carbocycles. The molecule has 1 rings (SSSR count). The summed E-state index contributed by atoms with van der Waals surface area (Å²) in [6.45, 7) is 0. The van der Waals surface area contributed by atoms with E-state index in [1.165, 1.54) is 6.07 Å². The average Bonchev–Trinajstić information content (AvgIpc) is 2.17. The molecule has 8 heteroatoms. The van der Waals surface area contributed by atoms with Gasteiger partial charge in [0.05, 0.1) is 0 Å². The van der Waals surface area contributed by atoms with Crippen LogP contribution in [0.1, 0.15) is 11.3 Å². The van der Waals surface area contributed by atoms with Gasteiger partial charge in [0.15, 0.2) is 0 Å². The van der Waals surface area contributed by atoms with Gasteiger partial charge in [0.2, 0.25) is 0 Å². The number of aliphatic carboxylic acids is 1. The second-order valence-corrected chi connectivity index (χ2v) is 3.20. The number of carbonyl (C=O) groups is 1. The Bertz CT molecular complexity index is 381. The van der Waals surface area contributed by atoms with Crippen LogP contribution in [0.25, 0.3) is 0 Å². The van der Waals surface area contributed by atoms with Gasteiger partial charge in [-0.05, 0) is 18.1 Å². The van der Waals surface area contributed by atoms with Gasteiger partial charge in [-0.3, -0.25) is 9.78 Å². The van der Waals surface area contributed by atoms with Gasteiger partial charge in [0.1, 0.15) is 11.7 Å². The zero-order valence-corrected chi connectivity index (χ0v) is 9.26. The van der Waals surface area contributed by atoms with Crippen molar-refractivity contribution in [3.05, 3.63) is 29.6 Å². The Labute approximate surface area is 101 Å². The number of rotatable bonds is 3. The van der Waals surface area contributed by atoms with E-state index in [0.717, 1.165) is 12.3 Å². The number of alkyl halides is 3. The van der Waals surface area contributed by atoms with Gasteiger partial charge in [-0.15, -0.1) is 12.4 Å². The van der Waals surface area contributed by atoms with Crippen molar-refractivity contribution in [3.63, 3.8) is 0 Å². The molecule has 4 nitrogen and oxygen atoms in total. The highest BCUT2D eigenvalue weighted by Crippen LogP contribution is 2.27. The minimum Gasteiger partial charge on any atom is -0.480 e. The molecule has 0 aliphatic heterocycles. The van der Waals surface area contributed by atoms with E-state index in [0.29, 0.717) is 5.56 Å². The van der Waals surface area contributed by atoms with E-state index in [2.05, 4.69) is 4.98 Å². The molecule has 0 saturated heterocycles. The van der Waals surface area contributed by atoms with Crippen LogP contribution in [0.2, 0.25) is 0 Å². The highest BCUT2D eigenvalue weighted by Gasteiger charge is 2.32. The van der Waals surface area contributed by atoms with Crippen LogP contribution in [0.15, 0.2) is 18.3 Å². The molecule has 0 aliphatic carbocycles. The van der Waals surface area contributed by atoms with Crippen LogP contribution in [0.4, 0.5) is 13.2 Å². The van der Waals surface area contributed by atoms with E-state index >= 15 is 0 Å². The highest BCUT2D eigenvalue weighted by molar-refractivity contribution is 5.85. The maximum Gasteiger partial charge on any atom is 0.433 e. The first-order valence-corrected chi connectivity index (χ1v) is 4.31. The second-order valence-electron chi connectivity index (χ2n) is 3.20. The summed E-state index contributed by atoms with van der Waals surface area (Å²) >= 11 is 0. The van der Waals surface area contributed by atoms with E-state index in [1.54, 1.807) is 0 Å². The third kappa shape index (κ3) is 4.58. The van der Waals surface area contributed by atoms with Gasteiger partial charge < -0.3 is 10.8 Å². The van der Waals surface area contributed by atoms with E-state index < -0.39 is 23.9 Å². The quantitative estimate of drug-likeness (QED) is 0.872. The summed E-state index contributed by atoms with van der Waals surface area (Å²) in [6.07, 6.45) is -3.57. The molecule has 0 fully saturated rings. The van der Waals surface area contributed by atoms with E-state index in [4.69, 9.17) is 10.8 Å². The molecule has 0 radical (unpaired) electrons. The van der Waals surface area contributed by atoms with Crippen molar-refractivity contribution < 1.29 is 23.1 Å². The minimum atomic E-state index is -4.49. The smallest absolute Gasteiger partial charge is 0.433 e. The summed E-state index contributed by atoms with van der Waals surface area (Å²) < 4.78 is 36.4. The monoisotopic (exact) mass is 270 g/mol. The molecule has 0 saturated carbocycles. The summed E-state index contributed by atoms with van der Waals surface area (Å²) in [6, 6.07) is 0.821. The molecule has 96 valence electrons. The van der Waals surface area contributed by atoms with Gasteiger partial charge in [-0.25, -0.2) is 0 Å². The fourth-order valence-electron chi connectivity index (χ4n) is 1.05. The topological polar surface area (TPSA) is 76.2 Å². The lowest BCUT2D eigenvalue weighted by molar-refractivity contribution is -0.141. The molecule has 0 amide bonds. The zero-order valence-electron chi connectivity index (χ0n) is 8.44. The summed E-state index contributed by atoms with van der Waals surface area (Å²) in [5.41, 5.74) is 4.56. The van der Waals surface area contributed by atoms with Gasteiger partial charge in [0.25, 0.3) is 0 Å². The number of hydrogen-bond donors (Lipinski definition) is 2. The first-order valence-electron chi connectivity index (χ1n) is 4.31. The number of carboxylic acid groups (broad SMARTS) is 1. The van der Waals surface area contributed by atoms with Crippen LogP contribution >= 0.6 is 12.4 Å². The standard InChI is InChI=1S/C9H9F3N2O2.ClH/c10-9(11,12)7-2-1-5(4-14-7)3-6(13)8(15)16;/h1-2,4,6H,3,13H2,(H,15,16);1H. The molecule has 0 bridgehead atoms. The molecule has 1 aromatic heterocycles. The Kier molecular flexibility index (Phi) is 5.37. The van der Waals surface area contributed by atoms with Crippen molar-refractivity contribution in [3.8, 4) is 0 Å². The third-order valence-electron chi connectivity index (χ3n) is 1.89. The van der Waals surface area contributed by atoms with Crippen LogP contribution < -0.4 is 5.73 Å². The maximum atomic E-state index is 12.1. The van der Waals surface area contributed by atoms with Crippen LogP contribution in [-0.4, -0.2) is 22.1 Å². The Morgan fingerprint density at radius 2 is 2.06 bits per heavy atom. The molecular formula is C9H10ClF3N2O2. The number of carboxylic acids is 1. The number of nitrogens with zero attached hydrogens (tertiary/aromatic N) is 1.